The summed E-state index contributed by atoms with van der Waals surface area (Å²) in [6, 6.07) is -1.95. The predicted molar refractivity (Wildman–Crippen MR) is 121 cm³/mol. The molecule has 2 fully saturated rings. The van der Waals surface area contributed by atoms with Crippen LogP contribution in [0.25, 0.3) is 0 Å². The molecule has 0 amide bonds. The summed E-state index contributed by atoms with van der Waals surface area (Å²) in [5, 5.41) is 38.8. The number of aliphatic hydroxyl groups excluding tert-OH is 2. The van der Waals surface area contributed by atoms with Crippen LogP contribution in [0.15, 0.2) is 11.8 Å². The van der Waals surface area contributed by atoms with Gasteiger partial charge >= 0.3 is 29.6 Å². The summed E-state index contributed by atoms with van der Waals surface area (Å²) in [5.74, 6) is 0.572. The van der Waals surface area contributed by atoms with Crippen LogP contribution in [0, 0.1) is 0 Å². The summed E-state index contributed by atoms with van der Waals surface area (Å²) >= 11 is 0. The molecule has 2 heterocycles. The first-order valence-corrected chi connectivity index (χ1v) is 11.6. The van der Waals surface area contributed by atoms with E-state index in [-0.39, 0.29) is 50.2 Å². The summed E-state index contributed by atoms with van der Waals surface area (Å²) in [6.45, 7) is 4.30. The van der Waals surface area contributed by atoms with Crippen LogP contribution in [-0.4, -0.2) is 109 Å². The molecular formula is C21H42N5NaO7. The van der Waals surface area contributed by atoms with E-state index in [1.807, 2.05) is 13.0 Å². The third-order valence-electron chi connectivity index (χ3n) is 6.64. The van der Waals surface area contributed by atoms with Gasteiger partial charge in [0.15, 0.2) is 6.29 Å². The quantitative estimate of drug-likeness (QED) is 0.147. The van der Waals surface area contributed by atoms with Crippen molar-refractivity contribution < 1.29 is 65.3 Å². The second-order valence-electron chi connectivity index (χ2n) is 9.31. The molecule has 0 spiro atoms. The maximum atomic E-state index is 11.3. The minimum absolute atomic E-state index is 0. The molecule has 11 atom stereocenters. The number of aliphatic hydroxyl groups is 3. The van der Waals surface area contributed by atoms with Crippen molar-refractivity contribution >= 4 is 0 Å². The molecule has 0 aromatic heterocycles. The zero-order valence-corrected chi connectivity index (χ0v) is 22.6. The summed E-state index contributed by atoms with van der Waals surface area (Å²) in [7, 11) is 1.64. The molecule has 1 saturated carbocycles. The van der Waals surface area contributed by atoms with E-state index in [1.54, 1.807) is 14.0 Å². The molecule has 3 aliphatic rings. The van der Waals surface area contributed by atoms with Gasteiger partial charge in [0.25, 0.3) is 0 Å². The molecule has 0 radical (unpaired) electrons. The van der Waals surface area contributed by atoms with Crippen LogP contribution in [0.4, 0.5) is 0 Å². The zero-order chi connectivity index (χ0) is 24.3. The minimum atomic E-state index is -1.28. The monoisotopic (exact) mass is 499 g/mol. The Balaban J connectivity index is 0.00000306. The Morgan fingerprint density at radius 1 is 1.18 bits per heavy atom. The van der Waals surface area contributed by atoms with Crippen molar-refractivity contribution in [2.75, 3.05) is 26.7 Å². The van der Waals surface area contributed by atoms with E-state index in [1.165, 1.54) is 0 Å². The Bertz CT molecular complexity index is 682. The van der Waals surface area contributed by atoms with E-state index in [0.29, 0.717) is 25.1 Å². The second-order valence-corrected chi connectivity index (χ2v) is 9.31. The Hall–Kier alpha value is 0.1000. The first-order valence-electron chi connectivity index (χ1n) is 11.6. The maximum absolute atomic E-state index is 11.3. The van der Waals surface area contributed by atoms with Gasteiger partial charge in [0.2, 0.25) is 6.29 Å². The second kappa shape index (κ2) is 13.1. The Morgan fingerprint density at radius 3 is 2.47 bits per heavy atom. The molecule has 0 bridgehead atoms. The number of nitrogens with two attached hydrogens (primary N) is 3. The van der Waals surface area contributed by atoms with Crippen molar-refractivity contribution in [2.24, 2.45) is 17.2 Å². The van der Waals surface area contributed by atoms with Gasteiger partial charge in [-0.05, 0) is 39.4 Å². The summed E-state index contributed by atoms with van der Waals surface area (Å²) < 4.78 is 23.6. The van der Waals surface area contributed by atoms with Gasteiger partial charge < -0.3 is 63.5 Å². The predicted octanol–water partition coefficient (Wildman–Crippen LogP) is -6.08. The first-order chi connectivity index (χ1) is 15.6. The first kappa shape index (κ1) is 30.3. The zero-order valence-electron chi connectivity index (χ0n) is 21.6. The van der Waals surface area contributed by atoms with Crippen molar-refractivity contribution in [3.63, 3.8) is 0 Å². The smallest absolute Gasteiger partial charge is 1.00 e. The average molecular weight is 500 g/mol. The number of hydrogen-bond acceptors (Lipinski definition) is 12. The van der Waals surface area contributed by atoms with Crippen molar-refractivity contribution in [3.05, 3.63) is 11.8 Å². The van der Waals surface area contributed by atoms with Crippen LogP contribution in [0.1, 0.15) is 28.1 Å². The molecule has 0 aromatic carbocycles. The van der Waals surface area contributed by atoms with E-state index in [0.717, 1.165) is 0 Å². The van der Waals surface area contributed by atoms with Crippen LogP contribution in [0.2, 0.25) is 0 Å². The molecule has 1 saturated heterocycles. The topological polar surface area (TPSA) is 200 Å². The van der Waals surface area contributed by atoms with Crippen molar-refractivity contribution in [1.82, 2.24) is 10.6 Å². The van der Waals surface area contributed by atoms with Gasteiger partial charge in [0.1, 0.15) is 35.8 Å². The van der Waals surface area contributed by atoms with E-state index >= 15 is 0 Å². The molecular weight excluding hydrogens is 457 g/mol. The Morgan fingerprint density at radius 2 is 1.85 bits per heavy atom. The molecule has 3 rings (SSSR count). The van der Waals surface area contributed by atoms with Gasteiger partial charge in [0, 0.05) is 12.1 Å². The largest absolute Gasteiger partial charge is 1.00 e. The average Bonchev–Trinajstić information content (AvgIpc) is 2.76. The SMILES string of the molecule is CCN[C@@H]1C[C@H](N)[C@@H](OC2OC(CN)=CCC2N)[C@H](O)[C@H]1O[C@H]1OC[C@](C)(O)[C@H](NC)[C@H]1O.[H-].[Na+]. The number of nitrogens with one attached hydrogen (secondary N) is 2. The standard InChI is InChI=1S/C21H41N5O7.Na.H/c1-4-26-13-7-12(24)16(32-19-11(23)6-5-10(8-22)31-19)14(27)17(13)33-20-15(28)18(25-3)21(2,29)9-30-20;;/h5,11-20,25-29H,4,6-9,22-24H2,1-3H3;;/q;+1;-1/t11?,12-,13+,14-,15+,16+,17-,18+,19?,20+,21-;;/m0../s1. The van der Waals surface area contributed by atoms with Gasteiger partial charge in [-0.25, -0.2) is 0 Å². The molecule has 34 heavy (non-hydrogen) atoms. The normalized spacial score (nSPS) is 45.1. The fourth-order valence-corrected chi connectivity index (χ4v) is 4.86. The minimum Gasteiger partial charge on any atom is -1.00 e. The van der Waals surface area contributed by atoms with Crippen LogP contribution in [0.5, 0.6) is 0 Å². The van der Waals surface area contributed by atoms with Crippen LogP contribution >= 0.6 is 0 Å². The third kappa shape index (κ3) is 6.69. The van der Waals surface area contributed by atoms with Crippen LogP contribution < -0.4 is 57.4 Å². The fourth-order valence-electron chi connectivity index (χ4n) is 4.86. The van der Waals surface area contributed by atoms with Crippen molar-refractivity contribution in [2.45, 2.75) is 93.5 Å². The van der Waals surface area contributed by atoms with Gasteiger partial charge in [-0.1, -0.05) is 6.92 Å². The Labute approximate surface area is 224 Å². The van der Waals surface area contributed by atoms with Gasteiger partial charge in [-0.3, -0.25) is 0 Å². The molecule has 2 aliphatic heterocycles. The van der Waals surface area contributed by atoms with Crippen LogP contribution in [0.3, 0.4) is 0 Å². The van der Waals surface area contributed by atoms with E-state index in [2.05, 4.69) is 10.6 Å². The Kier molecular flexibility index (Phi) is 11.6. The molecule has 2 unspecified atom stereocenters. The maximum Gasteiger partial charge on any atom is 1.00 e. The molecule has 13 heteroatoms. The molecule has 12 nitrogen and oxygen atoms in total. The molecule has 1 aliphatic carbocycles. The number of ether oxygens (including phenoxy) is 4. The molecule has 194 valence electrons. The van der Waals surface area contributed by atoms with Crippen molar-refractivity contribution in [1.29, 1.82) is 0 Å². The van der Waals surface area contributed by atoms with Crippen LogP contribution in [-0.2, 0) is 18.9 Å². The van der Waals surface area contributed by atoms with Crippen molar-refractivity contribution in [3.8, 4) is 0 Å². The number of hydrogen-bond donors (Lipinski definition) is 8. The fraction of sp³-hybridized carbons (Fsp3) is 0.905. The molecule has 0 aromatic rings. The van der Waals surface area contributed by atoms with E-state index < -0.39 is 60.7 Å². The van der Waals surface area contributed by atoms with E-state index in [9.17, 15) is 15.3 Å². The molecule has 11 N–H and O–H groups in total. The third-order valence-corrected chi connectivity index (χ3v) is 6.64. The summed E-state index contributed by atoms with van der Waals surface area (Å²) in [4.78, 5) is 0. The van der Waals surface area contributed by atoms with E-state index in [4.69, 9.17) is 36.1 Å². The number of rotatable bonds is 8. The van der Waals surface area contributed by atoms with Gasteiger partial charge in [-0.15, -0.1) is 0 Å². The number of likely N-dealkylation sites (N-methyl/N-ethyl adjacent to an activating group) is 2. The summed E-state index contributed by atoms with van der Waals surface area (Å²) in [5.41, 5.74) is 16.9. The summed E-state index contributed by atoms with van der Waals surface area (Å²) in [6.07, 6.45) is -3.05. The van der Waals surface area contributed by atoms with Gasteiger partial charge in [-0.2, -0.15) is 0 Å². The van der Waals surface area contributed by atoms with Gasteiger partial charge in [0.05, 0.1) is 25.2 Å².